The smallest absolute Gasteiger partial charge is 0.234 e. The minimum absolute atomic E-state index is 0.185. The molecule has 0 saturated heterocycles. The SMILES string of the molecule is CC(=O)Nc1ccc(Br)cc1NC(=O)CSc1nccn1-c1cc(C)cc(C)c1. The second kappa shape index (κ2) is 9.28. The number of nitrogens with one attached hydrogen (secondary N) is 2. The van der Waals surface area contributed by atoms with Gasteiger partial charge >= 0.3 is 0 Å². The van der Waals surface area contributed by atoms with Crippen LogP contribution in [0.2, 0.25) is 0 Å². The number of nitrogens with zero attached hydrogens (tertiary/aromatic N) is 2. The standard InChI is InChI=1S/C21H21BrN4O2S/c1-13-8-14(2)10-17(9-13)26-7-6-23-21(26)29-12-20(28)25-19-11-16(22)4-5-18(19)24-15(3)27/h4-11H,12H2,1-3H3,(H,24,27)(H,25,28). The van der Waals surface area contributed by atoms with Crippen LogP contribution in [0.1, 0.15) is 18.1 Å². The molecule has 2 aromatic carbocycles. The molecule has 0 spiro atoms. The van der Waals surface area contributed by atoms with Gasteiger partial charge < -0.3 is 10.6 Å². The average molecular weight is 473 g/mol. The Labute approximate surface area is 182 Å². The van der Waals surface area contributed by atoms with Crippen LogP contribution in [-0.2, 0) is 9.59 Å². The van der Waals surface area contributed by atoms with Gasteiger partial charge in [-0.3, -0.25) is 14.2 Å². The van der Waals surface area contributed by atoms with Gasteiger partial charge in [-0.05, 0) is 55.3 Å². The molecule has 1 aromatic heterocycles. The van der Waals surface area contributed by atoms with E-state index in [1.807, 2.05) is 10.8 Å². The molecule has 0 fully saturated rings. The molecule has 6 nitrogen and oxygen atoms in total. The monoisotopic (exact) mass is 472 g/mol. The summed E-state index contributed by atoms with van der Waals surface area (Å²) < 4.78 is 2.78. The number of benzene rings is 2. The molecule has 29 heavy (non-hydrogen) atoms. The Morgan fingerprint density at radius 3 is 2.48 bits per heavy atom. The van der Waals surface area contributed by atoms with E-state index in [0.717, 1.165) is 15.3 Å². The lowest BCUT2D eigenvalue weighted by molar-refractivity contribution is -0.115. The van der Waals surface area contributed by atoms with Crippen molar-refractivity contribution in [2.75, 3.05) is 16.4 Å². The zero-order chi connectivity index (χ0) is 21.0. The fourth-order valence-electron chi connectivity index (χ4n) is 2.92. The summed E-state index contributed by atoms with van der Waals surface area (Å²) in [6.07, 6.45) is 3.61. The van der Waals surface area contributed by atoms with Crippen molar-refractivity contribution >= 4 is 50.9 Å². The Kier molecular flexibility index (Phi) is 6.76. The summed E-state index contributed by atoms with van der Waals surface area (Å²) in [6.45, 7) is 5.53. The summed E-state index contributed by atoms with van der Waals surface area (Å²) in [4.78, 5) is 28.3. The van der Waals surface area contributed by atoms with Gasteiger partial charge in [0.05, 0.1) is 17.1 Å². The fraction of sp³-hybridized carbons (Fsp3) is 0.190. The summed E-state index contributed by atoms with van der Waals surface area (Å²) >= 11 is 4.74. The molecule has 150 valence electrons. The fourth-order valence-corrected chi connectivity index (χ4v) is 4.05. The Hall–Kier alpha value is -2.58. The van der Waals surface area contributed by atoms with E-state index in [0.29, 0.717) is 11.4 Å². The zero-order valence-electron chi connectivity index (χ0n) is 16.3. The molecule has 0 unspecified atom stereocenters. The molecule has 0 saturated carbocycles. The quantitative estimate of drug-likeness (QED) is 0.498. The van der Waals surface area contributed by atoms with Gasteiger partial charge in [0, 0.05) is 29.5 Å². The molecule has 0 aliphatic carbocycles. The highest BCUT2D eigenvalue weighted by molar-refractivity contribution is 9.10. The summed E-state index contributed by atoms with van der Waals surface area (Å²) in [5.41, 5.74) is 4.45. The number of hydrogen-bond donors (Lipinski definition) is 2. The van der Waals surface area contributed by atoms with Crippen molar-refractivity contribution in [3.05, 3.63) is 64.4 Å². The molecule has 0 atom stereocenters. The molecule has 8 heteroatoms. The van der Waals surface area contributed by atoms with Crippen molar-refractivity contribution in [1.82, 2.24) is 9.55 Å². The lowest BCUT2D eigenvalue weighted by Gasteiger charge is -2.12. The number of carbonyl (C=O) groups is 2. The first-order chi connectivity index (χ1) is 13.8. The summed E-state index contributed by atoms with van der Waals surface area (Å²) in [7, 11) is 0. The number of imidazole rings is 1. The summed E-state index contributed by atoms with van der Waals surface area (Å²) in [5.74, 6) is -0.198. The number of halogens is 1. The van der Waals surface area contributed by atoms with Crippen LogP contribution in [0.3, 0.4) is 0 Å². The van der Waals surface area contributed by atoms with Crippen molar-refractivity contribution in [1.29, 1.82) is 0 Å². The molecule has 0 radical (unpaired) electrons. The molecule has 3 aromatic rings. The van der Waals surface area contributed by atoms with Crippen LogP contribution in [0, 0.1) is 13.8 Å². The van der Waals surface area contributed by atoms with Gasteiger partial charge in [-0.25, -0.2) is 4.98 Å². The molecule has 0 aliphatic heterocycles. The first-order valence-electron chi connectivity index (χ1n) is 8.93. The van der Waals surface area contributed by atoms with Crippen LogP contribution in [0.15, 0.2) is 58.4 Å². The molecule has 2 amide bonds. The van der Waals surface area contributed by atoms with Crippen LogP contribution in [-0.4, -0.2) is 27.1 Å². The van der Waals surface area contributed by atoms with E-state index in [1.54, 1.807) is 24.4 Å². The van der Waals surface area contributed by atoms with E-state index in [1.165, 1.54) is 29.8 Å². The Bertz CT molecular complexity index is 1040. The number of rotatable bonds is 6. The highest BCUT2D eigenvalue weighted by atomic mass is 79.9. The topological polar surface area (TPSA) is 76.0 Å². The third-order valence-corrected chi connectivity index (χ3v) is 5.45. The largest absolute Gasteiger partial charge is 0.325 e. The van der Waals surface area contributed by atoms with Gasteiger partial charge in [0.15, 0.2) is 5.16 Å². The van der Waals surface area contributed by atoms with Crippen LogP contribution in [0.4, 0.5) is 11.4 Å². The Morgan fingerprint density at radius 2 is 1.79 bits per heavy atom. The molecule has 3 rings (SSSR count). The lowest BCUT2D eigenvalue weighted by atomic mass is 10.1. The van der Waals surface area contributed by atoms with Crippen molar-refractivity contribution in [3.63, 3.8) is 0 Å². The minimum Gasteiger partial charge on any atom is -0.325 e. The van der Waals surface area contributed by atoms with Gasteiger partial charge in [-0.1, -0.05) is 33.8 Å². The maximum absolute atomic E-state index is 12.5. The normalized spacial score (nSPS) is 10.6. The van der Waals surface area contributed by atoms with Crippen LogP contribution in [0.5, 0.6) is 0 Å². The predicted molar refractivity (Wildman–Crippen MR) is 121 cm³/mol. The second-order valence-electron chi connectivity index (χ2n) is 6.63. The van der Waals surface area contributed by atoms with Gasteiger partial charge in [0.2, 0.25) is 11.8 Å². The van der Waals surface area contributed by atoms with E-state index in [-0.39, 0.29) is 17.6 Å². The molecular formula is C21H21BrN4O2S. The van der Waals surface area contributed by atoms with Crippen molar-refractivity contribution in [2.24, 2.45) is 0 Å². The summed E-state index contributed by atoms with van der Waals surface area (Å²) in [6, 6.07) is 11.6. The highest BCUT2D eigenvalue weighted by Crippen LogP contribution is 2.27. The van der Waals surface area contributed by atoms with E-state index >= 15 is 0 Å². The maximum atomic E-state index is 12.5. The van der Waals surface area contributed by atoms with E-state index in [2.05, 4.69) is 63.6 Å². The number of aryl methyl sites for hydroxylation is 2. The number of carbonyl (C=O) groups excluding carboxylic acids is 2. The van der Waals surface area contributed by atoms with E-state index in [9.17, 15) is 9.59 Å². The first kappa shape index (κ1) is 21.1. The van der Waals surface area contributed by atoms with E-state index < -0.39 is 0 Å². The van der Waals surface area contributed by atoms with Gasteiger partial charge in [0.1, 0.15) is 0 Å². The lowest BCUT2D eigenvalue weighted by Crippen LogP contribution is -2.17. The van der Waals surface area contributed by atoms with E-state index in [4.69, 9.17) is 0 Å². The Morgan fingerprint density at radius 1 is 1.07 bits per heavy atom. The zero-order valence-corrected chi connectivity index (χ0v) is 18.7. The van der Waals surface area contributed by atoms with Gasteiger partial charge in [-0.15, -0.1) is 0 Å². The number of thioether (sulfide) groups is 1. The van der Waals surface area contributed by atoms with Crippen LogP contribution >= 0.6 is 27.7 Å². The Balaban J connectivity index is 1.71. The van der Waals surface area contributed by atoms with Crippen LogP contribution < -0.4 is 10.6 Å². The van der Waals surface area contributed by atoms with Crippen molar-refractivity contribution in [2.45, 2.75) is 25.9 Å². The van der Waals surface area contributed by atoms with Gasteiger partial charge in [-0.2, -0.15) is 0 Å². The predicted octanol–water partition coefficient (Wildman–Crippen LogP) is 4.94. The number of anilines is 2. The van der Waals surface area contributed by atoms with Crippen molar-refractivity contribution in [3.8, 4) is 5.69 Å². The average Bonchev–Trinajstić information content (AvgIpc) is 3.10. The summed E-state index contributed by atoms with van der Waals surface area (Å²) in [5, 5.41) is 6.31. The molecular weight excluding hydrogens is 452 g/mol. The molecule has 0 aliphatic rings. The second-order valence-corrected chi connectivity index (χ2v) is 8.49. The molecule has 1 heterocycles. The third-order valence-electron chi connectivity index (χ3n) is 3.99. The highest BCUT2D eigenvalue weighted by Gasteiger charge is 2.12. The maximum Gasteiger partial charge on any atom is 0.234 e. The minimum atomic E-state index is -0.201. The number of amides is 2. The van der Waals surface area contributed by atoms with Crippen molar-refractivity contribution < 1.29 is 9.59 Å². The third kappa shape index (κ3) is 5.71. The number of aromatic nitrogens is 2. The molecule has 2 N–H and O–H groups in total. The van der Waals surface area contributed by atoms with Crippen LogP contribution in [0.25, 0.3) is 5.69 Å². The number of hydrogen-bond acceptors (Lipinski definition) is 4. The molecule has 0 bridgehead atoms. The van der Waals surface area contributed by atoms with Gasteiger partial charge in [0.25, 0.3) is 0 Å². The first-order valence-corrected chi connectivity index (χ1v) is 10.7.